The van der Waals surface area contributed by atoms with Crippen LogP contribution in [0.2, 0.25) is 0 Å². The average molecular weight is 424 g/mol. The van der Waals surface area contributed by atoms with Crippen LogP contribution in [0.25, 0.3) is 0 Å². The van der Waals surface area contributed by atoms with Gasteiger partial charge in [0, 0.05) is 11.6 Å². The fourth-order valence-electron chi connectivity index (χ4n) is 4.40. The first-order valence-corrected chi connectivity index (χ1v) is 9.36. The molecule has 1 aromatic carbocycles. The minimum atomic E-state index is -0.538. The predicted octanol–water partition coefficient (Wildman–Crippen LogP) is 1.75. The third kappa shape index (κ3) is 2.76. The summed E-state index contributed by atoms with van der Waals surface area (Å²) in [5.41, 5.74) is 0.578. The molecular weight excluding hydrogens is 406 g/mol. The van der Waals surface area contributed by atoms with Gasteiger partial charge in [0.05, 0.1) is 23.8 Å². The van der Waals surface area contributed by atoms with Crippen molar-refractivity contribution in [3.05, 3.63) is 24.3 Å². The van der Waals surface area contributed by atoms with Gasteiger partial charge in [0.25, 0.3) is 5.91 Å². The number of methoxy groups -OCH3 is 1. The van der Waals surface area contributed by atoms with Crippen LogP contribution in [0.15, 0.2) is 24.3 Å². The first-order chi connectivity index (χ1) is 12.5. The van der Waals surface area contributed by atoms with Gasteiger partial charge in [-0.3, -0.25) is 14.4 Å². The molecule has 1 amide bonds. The van der Waals surface area contributed by atoms with Crippen LogP contribution in [-0.4, -0.2) is 42.5 Å². The maximum absolute atomic E-state index is 12.5. The summed E-state index contributed by atoms with van der Waals surface area (Å²) in [5.74, 6) is -1.48. The molecule has 6 atom stereocenters. The van der Waals surface area contributed by atoms with Crippen molar-refractivity contribution in [3.63, 3.8) is 0 Å². The molecule has 0 unspecified atom stereocenters. The van der Waals surface area contributed by atoms with Gasteiger partial charge >= 0.3 is 11.9 Å². The molecule has 1 aliphatic heterocycles. The Balaban J connectivity index is 1.34. The van der Waals surface area contributed by atoms with Crippen LogP contribution in [0, 0.1) is 23.7 Å². The topological polar surface area (TPSA) is 90.9 Å². The van der Waals surface area contributed by atoms with Gasteiger partial charge in [0.15, 0.2) is 6.61 Å². The fourth-order valence-corrected chi connectivity index (χ4v) is 5.44. The van der Waals surface area contributed by atoms with Crippen molar-refractivity contribution in [3.8, 4) is 5.75 Å². The number of amides is 1. The Morgan fingerprint density at radius 3 is 2.69 bits per heavy atom. The predicted molar refractivity (Wildman–Crippen MR) is 93.8 cm³/mol. The lowest BCUT2D eigenvalue weighted by Gasteiger charge is -2.26. The Labute approximate surface area is 158 Å². The van der Waals surface area contributed by atoms with Crippen LogP contribution in [-0.2, 0) is 23.9 Å². The summed E-state index contributed by atoms with van der Waals surface area (Å²) < 4.78 is 15.6. The van der Waals surface area contributed by atoms with E-state index in [0.29, 0.717) is 11.4 Å². The number of alkyl halides is 1. The smallest absolute Gasteiger partial charge is 0.310 e. The lowest BCUT2D eigenvalue weighted by Crippen LogP contribution is -2.39. The molecule has 8 heteroatoms. The van der Waals surface area contributed by atoms with Crippen LogP contribution in [0.5, 0.6) is 5.75 Å². The molecule has 1 N–H and O–H groups in total. The van der Waals surface area contributed by atoms with E-state index in [2.05, 4.69) is 21.2 Å². The number of carbonyl (C=O) groups excluding carboxylic acids is 3. The largest absolute Gasteiger partial charge is 0.497 e. The van der Waals surface area contributed by atoms with E-state index in [0.717, 1.165) is 6.42 Å². The van der Waals surface area contributed by atoms with Gasteiger partial charge in [-0.1, -0.05) is 15.9 Å². The van der Waals surface area contributed by atoms with Gasteiger partial charge in [-0.05, 0) is 36.6 Å². The van der Waals surface area contributed by atoms with E-state index in [-0.39, 0.29) is 28.7 Å². The zero-order valence-electron chi connectivity index (χ0n) is 14.0. The average Bonchev–Trinajstić information content (AvgIpc) is 3.24. The molecule has 2 aliphatic carbocycles. The molecule has 0 aromatic heterocycles. The van der Waals surface area contributed by atoms with E-state index in [4.69, 9.17) is 14.2 Å². The highest BCUT2D eigenvalue weighted by Gasteiger charge is 2.68. The van der Waals surface area contributed by atoms with Crippen LogP contribution < -0.4 is 10.1 Å². The molecule has 0 radical (unpaired) electrons. The number of nitrogens with one attached hydrogen (secondary N) is 1. The summed E-state index contributed by atoms with van der Waals surface area (Å²) in [4.78, 5) is 36.5. The number of hydrogen-bond donors (Lipinski definition) is 1. The summed E-state index contributed by atoms with van der Waals surface area (Å²) in [7, 11) is 1.56. The molecular formula is C18H18BrNO6. The van der Waals surface area contributed by atoms with Crippen molar-refractivity contribution in [2.75, 3.05) is 19.0 Å². The van der Waals surface area contributed by atoms with Crippen molar-refractivity contribution < 1.29 is 28.6 Å². The fraction of sp³-hybridized carbons (Fsp3) is 0.500. The zero-order valence-corrected chi connectivity index (χ0v) is 15.6. The van der Waals surface area contributed by atoms with Crippen molar-refractivity contribution in [1.29, 1.82) is 0 Å². The second kappa shape index (κ2) is 6.57. The Bertz CT molecular complexity index is 751. The number of ether oxygens (including phenoxy) is 3. The maximum Gasteiger partial charge on any atom is 0.310 e. The number of anilines is 1. The third-order valence-electron chi connectivity index (χ3n) is 5.51. The number of fused-ring (bicyclic) bond motifs is 1. The lowest BCUT2D eigenvalue weighted by molar-refractivity contribution is -0.157. The summed E-state index contributed by atoms with van der Waals surface area (Å²) >= 11 is 3.55. The molecule has 3 fully saturated rings. The first kappa shape index (κ1) is 17.3. The van der Waals surface area contributed by atoms with Crippen molar-refractivity contribution in [2.24, 2.45) is 23.7 Å². The molecule has 1 aromatic rings. The normalized spacial score (nSPS) is 33.7. The van der Waals surface area contributed by atoms with Crippen LogP contribution in [0.4, 0.5) is 5.69 Å². The highest BCUT2D eigenvalue weighted by atomic mass is 79.9. The summed E-state index contributed by atoms with van der Waals surface area (Å²) in [6.07, 6.45) is 0.634. The molecule has 3 aliphatic rings. The van der Waals surface area contributed by atoms with Crippen LogP contribution >= 0.6 is 15.9 Å². The minimum absolute atomic E-state index is 0.0126. The number of halogens is 1. The standard InChI is InChI=1S/C18H18BrNO6/c1-24-9-4-2-8(3-5-9)20-12(21)7-25-17(22)13-10-6-11-14(13)18(23)26-16(11)15(10)19/h2-5,10-11,13-16H,6-7H2,1H3,(H,20,21)/t10-,11-,13-,14-,15+,16+/m1/s1. The highest BCUT2D eigenvalue weighted by Crippen LogP contribution is 2.60. The number of hydrogen-bond acceptors (Lipinski definition) is 6. The second-order valence-corrected chi connectivity index (χ2v) is 7.90. The Kier molecular flexibility index (Phi) is 4.38. The van der Waals surface area contributed by atoms with E-state index in [9.17, 15) is 14.4 Å². The molecule has 1 saturated heterocycles. The van der Waals surface area contributed by atoms with Gasteiger partial charge in [-0.15, -0.1) is 0 Å². The second-order valence-electron chi connectivity index (χ2n) is 6.85. The molecule has 0 spiro atoms. The van der Waals surface area contributed by atoms with E-state index in [1.807, 2.05) is 0 Å². The van der Waals surface area contributed by atoms with E-state index >= 15 is 0 Å². The molecule has 26 heavy (non-hydrogen) atoms. The summed E-state index contributed by atoms with van der Waals surface area (Å²) in [6, 6.07) is 6.82. The molecule has 138 valence electrons. The van der Waals surface area contributed by atoms with Crippen molar-refractivity contribution >= 4 is 39.5 Å². The Hall–Kier alpha value is -2.09. The lowest BCUT2D eigenvalue weighted by atomic mass is 9.80. The van der Waals surface area contributed by atoms with E-state index in [1.165, 1.54) is 0 Å². The summed E-state index contributed by atoms with van der Waals surface area (Å²) in [5, 5.41) is 2.65. The van der Waals surface area contributed by atoms with Gasteiger partial charge < -0.3 is 19.5 Å². The minimum Gasteiger partial charge on any atom is -0.497 e. The summed E-state index contributed by atoms with van der Waals surface area (Å²) in [6.45, 7) is -0.392. The van der Waals surface area contributed by atoms with Gasteiger partial charge in [0.2, 0.25) is 0 Å². The highest BCUT2D eigenvalue weighted by molar-refractivity contribution is 9.09. The quantitative estimate of drug-likeness (QED) is 0.572. The monoisotopic (exact) mass is 423 g/mol. The van der Waals surface area contributed by atoms with E-state index < -0.39 is 30.3 Å². The van der Waals surface area contributed by atoms with Gasteiger partial charge in [-0.2, -0.15) is 0 Å². The number of esters is 2. The molecule has 7 nitrogen and oxygen atoms in total. The SMILES string of the molecule is COc1ccc(NC(=O)COC(=O)[C@@H]2[C@H]3C[C@H]4[C@H](OC(=O)[C@H]42)[C@H]3Br)cc1. The number of rotatable bonds is 5. The Morgan fingerprint density at radius 1 is 1.27 bits per heavy atom. The Morgan fingerprint density at radius 2 is 2.00 bits per heavy atom. The van der Waals surface area contributed by atoms with Gasteiger partial charge in [-0.25, -0.2) is 0 Å². The third-order valence-corrected chi connectivity index (χ3v) is 6.71. The van der Waals surface area contributed by atoms with Crippen LogP contribution in [0.1, 0.15) is 6.42 Å². The first-order valence-electron chi connectivity index (χ1n) is 8.44. The molecule has 2 saturated carbocycles. The maximum atomic E-state index is 12.5. The van der Waals surface area contributed by atoms with Gasteiger partial charge in [0.1, 0.15) is 11.9 Å². The molecule has 2 bridgehead atoms. The molecule has 1 heterocycles. The van der Waals surface area contributed by atoms with Crippen molar-refractivity contribution in [2.45, 2.75) is 17.4 Å². The zero-order chi connectivity index (χ0) is 18.4. The number of carbonyl (C=O) groups is 3. The van der Waals surface area contributed by atoms with Crippen molar-refractivity contribution in [1.82, 2.24) is 0 Å². The van der Waals surface area contributed by atoms with E-state index in [1.54, 1.807) is 31.4 Å². The van der Waals surface area contributed by atoms with Crippen LogP contribution in [0.3, 0.4) is 0 Å². The molecule has 4 rings (SSSR count). The number of benzene rings is 1.